The fraction of sp³-hybridized carbons (Fsp3) is 0.500. The van der Waals surface area contributed by atoms with Crippen LogP contribution in [0.2, 0.25) is 25.7 Å². The van der Waals surface area contributed by atoms with Crippen molar-refractivity contribution >= 4 is 30.0 Å². The molecule has 24 heavy (non-hydrogen) atoms. The summed E-state index contributed by atoms with van der Waals surface area (Å²) in [7, 11) is 0.596. The van der Waals surface area contributed by atoms with Gasteiger partial charge in [-0.05, 0) is 33.6 Å². The monoisotopic (exact) mass is 412 g/mol. The Balaban J connectivity index is 1.82. The van der Waals surface area contributed by atoms with Gasteiger partial charge in [-0.15, -0.1) is 19.2 Å². The summed E-state index contributed by atoms with van der Waals surface area (Å²) in [6.45, 7) is 8.82. The molecule has 0 bridgehead atoms. The SMILES string of the molecule is COc1ccc(CNc2nc(Br)n(COCC[Si-](C)(C)C)n2)cc1. The maximum absolute atomic E-state index is 5.70. The summed E-state index contributed by atoms with van der Waals surface area (Å²) in [6, 6.07) is 9.04. The fourth-order valence-corrected chi connectivity index (χ4v) is 3.04. The van der Waals surface area contributed by atoms with Crippen molar-refractivity contribution in [2.45, 2.75) is 39.0 Å². The Bertz CT molecular complexity index is 641. The molecule has 1 aromatic heterocycles. The summed E-state index contributed by atoms with van der Waals surface area (Å²) in [6.07, 6.45) is 0. The van der Waals surface area contributed by atoms with Crippen LogP contribution in [0.5, 0.6) is 5.75 Å². The number of benzene rings is 1. The smallest absolute Gasteiger partial charge is 0.243 e. The molecule has 0 spiro atoms. The summed E-state index contributed by atoms with van der Waals surface area (Å²) in [5, 5.41) is 7.61. The van der Waals surface area contributed by atoms with E-state index in [9.17, 15) is 0 Å². The highest BCUT2D eigenvalue weighted by atomic mass is 79.9. The minimum absolute atomic E-state index is 0.405. The lowest BCUT2D eigenvalue weighted by molar-refractivity contribution is 0.0768. The number of methoxy groups -OCH3 is 1. The molecule has 0 atom stereocenters. The van der Waals surface area contributed by atoms with Crippen molar-refractivity contribution in [2.75, 3.05) is 19.0 Å². The maximum atomic E-state index is 5.70. The van der Waals surface area contributed by atoms with Crippen molar-refractivity contribution in [3.05, 3.63) is 34.6 Å². The molecule has 2 rings (SSSR count). The van der Waals surface area contributed by atoms with Crippen LogP contribution in [0.1, 0.15) is 5.56 Å². The molecule has 6 nitrogen and oxygen atoms in total. The molecule has 0 saturated carbocycles. The van der Waals surface area contributed by atoms with Crippen LogP contribution in [-0.4, -0.2) is 36.6 Å². The number of rotatable bonds is 9. The summed E-state index contributed by atoms with van der Waals surface area (Å²) >= 11 is 3.42. The van der Waals surface area contributed by atoms with Crippen LogP contribution in [0, 0.1) is 0 Å². The predicted molar refractivity (Wildman–Crippen MR) is 102 cm³/mol. The molecule has 0 radical (unpaired) electrons. The van der Waals surface area contributed by atoms with Crippen LogP contribution in [0.15, 0.2) is 29.0 Å². The number of nitrogens with zero attached hydrogens (tertiary/aromatic N) is 3. The quantitative estimate of drug-likeness (QED) is 0.498. The van der Waals surface area contributed by atoms with Gasteiger partial charge < -0.3 is 14.8 Å². The van der Waals surface area contributed by atoms with Gasteiger partial charge in [0.2, 0.25) is 5.95 Å². The molecule has 0 amide bonds. The van der Waals surface area contributed by atoms with Crippen molar-refractivity contribution in [3.63, 3.8) is 0 Å². The first-order valence-electron chi connectivity index (χ1n) is 7.92. The lowest BCUT2D eigenvalue weighted by atomic mass is 10.2. The first kappa shape index (κ1) is 18.9. The minimum atomic E-state index is -1.06. The minimum Gasteiger partial charge on any atom is -0.497 e. The molecule has 1 N–H and O–H groups in total. The number of anilines is 1. The third kappa shape index (κ3) is 6.25. The average molecular weight is 413 g/mol. The molecule has 1 aromatic carbocycles. The van der Waals surface area contributed by atoms with Crippen LogP contribution in [0.25, 0.3) is 0 Å². The molecular weight excluding hydrogens is 388 g/mol. The average Bonchev–Trinajstić information content (AvgIpc) is 2.89. The van der Waals surface area contributed by atoms with Gasteiger partial charge >= 0.3 is 0 Å². The Morgan fingerprint density at radius 2 is 1.92 bits per heavy atom. The van der Waals surface area contributed by atoms with Gasteiger partial charge in [-0.25, -0.2) is 4.68 Å². The topological polar surface area (TPSA) is 61.2 Å². The van der Waals surface area contributed by atoms with E-state index in [2.05, 4.69) is 51.0 Å². The highest BCUT2D eigenvalue weighted by Crippen LogP contribution is 2.14. The summed E-state index contributed by atoms with van der Waals surface area (Å²) in [5.74, 6) is 1.42. The molecule has 133 valence electrons. The second-order valence-corrected chi connectivity index (χ2v) is 13.1. The number of halogens is 1. The van der Waals surface area contributed by atoms with Gasteiger partial charge in [0.25, 0.3) is 0 Å². The standard InChI is InChI=1S/C16H25BrN4O2Si/c1-22-14-7-5-13(6-8-14)11-18-16-19-15(17)21(20-16)12-23-9-10-24(2,3)4/h5-8H,9-12H2,1-4H3,(H,18,20)/q-1. The van der Waals surface area contributed by atoms with Crippen LogP contribution in [0.4, 0.5) is 5.95 Å². The maximum Gasteiger partial charge on any atom is 0.243 e. The summed E-state index contributed by atoms with van der Waals surface area (Å²) in [5.41, 5.74) is 1.13. The van der Waals surface area contributed by atoms with Crippen molar-refractivity contribution in [3.8, 4) is 5.75 Å². The van der Waals surface area contributed by atoms with E-state index in [-0.39, 0.29) is 0 Å². The van der Waals surface area contributed by atoms with Crippen LogP contribution in [-0.2, 0) is 18.0 Å². The molecule has 0 aliphatic heterocycles. The van der Waals surface area contributed by atoms with Crippen molar-refractivity contribution in [1.29, 1.82) is 0 Å². The molecule has 0 unspecified atom stereocenters. The van der Waals surface area contributed by atoms with E-state index in [4.69, 9.17) is 9.47 Å². The Labute approximate surface area is 152 Å². The van der Waals surface area contributed by atoms with Crippen LogP contribution in [0.3, 0.4) is 0 Å². The van der Waals surface area contributed by atoms with Gasteiger partial charge in [0.1, 0.15) is 12.5 Å². The first-order valence-corrected chi connectivity index (χ1v) is 12.4. The third-order valence-electron chi connectivity index (χ3n) is 3.45. The van der Waals surface area contributed by atoms with Gasteiger partial charge in [0.15, 0.2) is 4.73 Å². The Morgan fingerprint density at radius 1 is 1.21 bits per heavy atom. The van der Waals surface area contributed by atoms with E-state index in [1.54, 1.807) is 11.8 Å². The molecule has 0 aliphatic carbocycles. The number of hydrogen-bond acceptors (Lipinski definition) is 5. The zero-order valence-corrected chi connectivity index (χ0v) is 17.3. The Kier molecular flexibility index (Phi) is 6.82. The van der Waals surface area contributed by atoms with Crippen LogP contribution >= 0.6 is 15.9 Å². The lowest BCUT2D eigenvalue weighted by Gasteiger charge is -2.26. The third-order valence-corrected chi connectivity index (χ3v) is 5.74. The van der Waals surface area contributed by atoms with E-state index < -0.39 is 8.07 Å². The second-order valence-electron chi connectivity index (χ2n) is 6.75. The zero-order chi connectivity index (χ0) is 17.6. The highest BCUT2D eigenvalue weighted by Gasteiger charge is 2.08. The fourth-order valence-electron chi connectivity index (χ4n) is 1.93. The van der Waals surface area contributed by atoms with Gasteiger partial charge in [-0.3, -0.25) is 0 Å². The normalized spacial score (nSPS) is 11.5. The molecule has 0 saturated heterocycles. The van der Waals surface area contributed by atoms with Crippen LogP contribution < -0.4 is 10.1 Å². The van der Waals surface area contributed by atoms with Crippen molar-refractivity contribution in [2.24, 2.45) is 0 Å². The number of hydrogen-bond donors (Lipinski definition) is 1. The number of aromatic nitrogens is 3. The van der Waals surface area contributed by atoms with E-state index >= 15 is 0 Å². The van der Waals surface area contributed by atoms with E-state index in [1.807, 2.05) is 24.3 Å². The largest absolute Gasteiger partial charge is 0.497 e. The van der Waals surface area contributed by atoms with Crippen molar-refractivity contribution in [1.82, 2.24) is 14.8 Å². The van der Waals surface area contributed by atoms with Gasteiger partial charge in [-0.1, -0.05) is 12.1 Å². The lowest BCUT2D eigenvalue weighted by Crippen LogP contribution is -2.22. The highest BCUT2D eigenvalue weighted by molar-refractivity contribution is 9.10. The van der Waals surface area contributed by atoms with Gasteiger partial charge in [-0.2, -0.15) is 24.6 Å². The number of nitrogens with one attached hydrogen (secondary N) is 1. The van der Waals surface area contributed by atoms with Gasteiger partial charge in [0, 0.05) is 13.2 Å². The molecule has 0 aliphatic rings. The van der Waals surface area contributed by atoms with Crippen molar-refractivity contribution < 1.29 is 9.47 Å². The van der Waals surface area contributed by atoms with Gasteiger partial charge in [0.05, 0.1) is 7.11 Å². The predicted octanol–water partition coefficient (Wildman–Crippen LogP) is 3.97. The summed E-state index contributed by atoms with van der Waals surface area (Å²) < 4.78 is 13.2. The second kappa shape index (κ2) is 8.64. The molecule has 2 aromatic rings. The first-order chi connectivity index (χ1) is 11.4. The summed E-state index contributed by atoms with van der Waals surface area (Å²) in [4.78, 5) is 4.35. The zero-order valence-electron chi connectivity index (χ0n) is 14.7. The van der Waals surface area contributed by atoms with E-state index in [1.165, 1.54) is 0 Å². The van der Waals surface area contributed by atoms with E-state index in [0.29, 0.717) is 24.0 Å². The molecule has 8 heteroatoms. The Morgan fingerprint density at radius 3 is 2.54 bits per heavy atom. The molecular formula is C16H25BrN4O2Si-. The molecule has 1 heterocycles. The Hall–Kier alpha value is -1.38. The van der Waals surface area contributed by atoms with E-state index in [0.717, 1.165) is 24.0 Å². The number of ether oxygens (including phenoxy) is 2. The molecule has 0 fully saturated rings.